The molecule has 1 heterocycles. The molecule has 2 aromatic carbocycles. The molecule has 0 radical (unpaired) electrons. The minimum atomic E-state index is -3.64. The van der Waals surface area contributed by atoms with Crippen molar-refractivity contribution in [2.75, 3.05) is 19.6 Å². The lowest BCUT2D eigenvalue weighted by Gasteiger charge is -2.31. The molecular weight excluding hydrogens is 340 g/mol. The summed E-state index contributed by atoms with van der Waals surface area (Å²) in [5, 5.41) is 10.5. The van der Waals surface area contributed by atoms with Crippen LogP contribution < -0.4 is 4.72 Å². The molecule has 0 atom stereocenters. The van der Waals surface area contributed by atoms with E-state index in [9.17, 15) is 13.2 Å². The van der Waals surface area contributed by atoms with E-state index in [0.29, 0.717) is 30.8 Å². The lowest BCUT2D eigenvalue weighted by Crippen LogP contribution is -2.45. The molecule has 7 heteroatoms. The van der Waals surface area contributed by atoms with Gasteiger partial charge in [-0.2, -0.15) is 0 Å². The van der Waals surface area contributed by atoms with E-state index in [1.54, 1.807) is 6.92 Å². The Kier molecular flexibility index (Phi) is 5.08. The number of likely N-dealkylation sites (tertiary alicyclic amines) is 1. The van der Waals surface area contributed by atoms with Crippen molar-refractivity contribution in [1.29, 1.82) is 0 Å². The first-order valence-corrected chi connectivity index (χ1v) is 9.80. The molecule has 2 N–H and O–H groups in total. The van der Waals surface area contributed by atoms with E-state index < -0.39 is 16.0 Å². The summed E-state index contributed by atoms with van der Waals surface area (Å²) in [6.45, 7) is 2.96. The molecule has 1 aliphatic rings. The summed E-state index contributed by atoms with van der Waals surface area (Å²) in [5.41, 5.74) is 0.717. The van der Waals surface area contributed by atoms with Crippen LogP contribution in [0.3, 0.4) is 0 Å². The zero-order valence-electron chi connectivity index (χ0n) is 14.1. The molecule has 0 spiro atoms. The fraction of sp³-hybridized carbons (Fsp3) is 0.389. The van der Waals surface area contributed by atoms with Gasteiger partial charge in [0.05, 0.1) is 11.4 Å². The fourth-order valence-corrected chi connectivity index (χ4v) is 5.15. The first kappa shape index (κ1) is 17.8. The van der Waals surface area contributed by atoms with Gasteiger partial charge in [-0.3, -0.25) is 9.69 Å². The number of hydrogen-bond acceptors (Lipinski definition) is 4. The van der Waals surface area contributed by atoms with E-state index in [2.05, 4.69) is 4.72 Å². The zero-order chi connectivity index (χ0) is 18.0. The van der Waals surface area contributed by atoms with Crippen LogP contribution in [-0.2, 0) is 14.8 Å². The summed E-state index contributed by atoms with van der Waals surface area (Å²) in [7, 11) is -3.64. The SMILES string of the molecule is Cc1ccc2ccccc2c1S(=O)(=O)NC1CCN(CC(=O)O)CC1. The Hall–Kier alpha value is -1.96. The molecule has 2 aromatic rings. The fourth-order valence-electron chi connectivity index (χ4n) is 3.39. The van der Waals surface area contributed by atoms with Crippen LogP contribution in [0, 0.1) is 6.92 Å². The second-order valence-electron chi connectivity index (χ2n) is 6.50. The molecule has 0 aromatic heterocycles. The highest BCUT2D eigenvalue weighted by Crippen LogP contribution is 2.27. The largest absolute Gasteiger partial charge is 0.480 e. The lowest BCUT2D eigenvalue weighted by atomic mass is 10.1. The van der Waals surface area contributed by atoms with E-state index in [1.807, 2.05) is 41.3 Å². The van der Waals surface area contributed by atoms with E-state index in [1.165, 1.54) is 0 Å². The Morgan fingerprint density at radius 2 is 1.88 bits per heavy atom. The van der Waals surface area contributed by atoms with Gasteiger partial charge in [0.2, 0.25) is 10.0 Å². The van der Waals surface area contributed by atoms with Gasteiger partial charge in [-0.15, -0.1) is 0 Å². The normalized spacial score (nSPS) is 17.0. The van der Waals surface area contributed by atoms with Gasteiger partial charge in [-0.05, 0) is 30.7 Å². The molecule has 0 bridgehead atoms. The van der Waals surface area contributed by atoms with Crippen LogP contribution in [0.25, 0.3) is 10.8 Å². The number of piperidine rings is 1. The number of rotatable bonds is 5. The molecular formula is C18H22N2O4S. The Morgan fingerprint density at radius 3 is 2.56 bits per heavy atom. The monoisotopic (exact) mass is 362 g/mol. The van der Waals surface area contributed by atoms with E-state index in [-0.39, 0.29) is 12.6 Å². The second kappa shape index (κ2) is 7.11. The summed E-state index contributed by atoms with van der Waals surface area (Å²) >= 11 is 0. The molecule has 0 unspecified atom stereocenters. The standard InChI is InChI=1S/C18H22N2O4S/c1-13-6-7-14-4-2-3-5-16(14)18(13)25(23,24)19-15-8-10-20(11-9-15)12-17(21)22/h2-7,15,19H,8-12H2,1H3,(H,21,22). The highest BCUT2D eigenvalue weighted by atomic mass is 32.2. The van der Waals surface area contributed by atoms with Crippen molar-refractivity contribution >= 4 is 26.8 Å². The third-order valence-corrected chi connectivity index (χ3v) is 6.34. The molecule has 134 valence electrons. The number of fused-ring (bicyclic) bond motifs is 1. The van der Waals surface area contributed by atoms with Crippen LogP contribution in [0.4, 0.5) is 0 Å². The number of benzene rings is 2. The Morgan fingerprint density at radius 1 is 1.20 bits per heavy atom. The number of nitrogens with one attached hydrogen (secondary N) is 1. The molecule has 0 aliphatic carbocycles. The van der Waals surface area contributed by atoms with Gasteiger partial charge < -0.3 is 5.11 Å². The predicted octanol–water partition coefficient (Wildman–Crippen LogP) is 1.98. The highest BCUT2D eigenvalue weighted by molar-refractivity contribution is 7.89. The van der Waals surface area contributed by atoms with Gasteiger partial charge in [0.1, 0.15) is 0 Å². The quantitative estimate of drug-likeness (QED) is 0.849. The number of aryl methyl sites for hydroxylation is 1. The van der Waals surface area contributed by atoms with Crippen molar-refractivity contribution in [1.82, 2.24) is 9.62 Å². The van der Waals surface area contributed by atoms with Gasteiger partial charge in [0.15, 0.2) is 0 Å². The van der Waals surface area contributed by atoms with Gasteiger partial charge in [-0.1, -0.05) is 36.4 Å². The van der Waals surface area contributed by atoms with Crippen LogP contribution >= 0.6 is 0 Å². The molecule has 0 amide bonds. The van der Waals surface area contributed by atoms with Gasteiger partial charge in [0, 0.05) is 24.5 Å². The predicted molar refractivity (Wildman–Crippen MR) is 96.1 cm³/mol. The van der Waals surface area contributed by atoms with Gasteiger partial charge in [-0.25, -0.2) is 13.1 Å². The van der Waals surface area contributed by atoms with Crippen molar-refractivity contribution in [2.45, 2.75) is 30.7 Å². The highest BCUT2D eigenvalue weighted by Gasteiger charge is 2.27. The molecule has 1 fully saturated rings. The number of carbonyl (C=O) groups is 1. The van der Waals surface area contributed by atoms with Gasteiger partial charge in [0.25, 0.3) is 0 Å². The Balaban J connectivity index is 1.80. The number of aliphatic carboxylic acids is 1. The minimum absolute atomic E-state index is 0.00189. The second-order valence-corrected chi connectivity index (χ2v) is 8.15. The van der Waals surface area contributed by atoms with Crippen molar-refractivity contribution in [2.24, 2.45) is 0 Å². The first-order chi connectivity index (χ1) is 11.9. The maximum atomic E-state index is 13.0. The third-order valence-electron chi connectivity index (χ3n) is 4.61. The molecule has 25 heavy (non-hydrogen) atoms. The van der Waals surface area contributed by atoms with Gasteiger partial charge >= 0.3 is 5.97 Å². The number of sulfonamides is 1. The number of hydrogen-bond donors (Lipinski definition) is 2. The molecule has 1 aliphatic heterocycles. The van der Waals surface area contributed by atoms with Crippen molar-refractivity contribution < 1.29 is 18.3 Å². The summed E-state index contributed by atoms with van der Waals surface area (Å²) < 4.78 is 28.8. The van der Waals surface area contributed by atoms with E-state index >= 15 is 0 Å². The average Bonchev–Trinajstić information content (AvgIpc) is 2.55. The summed E-state index contributed by atoms with van der Waals surface area (Å²) in [5.74, 6) is -0.856. The van der Waals surface area contributed by atoms with Crippen LogP contribution in [0.5, 0.6) is 0 Å². The minimum Gasteiger partial charge on any atom is -0.480 e. The Labute approximate surface area is 147 Å². The van der Waals surface area contributed by atoms with Crippen molar-refractivity contribution in [3.63, 3.8) is 0 Å². The number of carboxylic acid groups (broad SMARTS) is 1. The maximum absolute atomic E-state index is 13.0. The third kappa shape index (κ3) is 4.00. The Bertz CT molecular complexity index is 887. The van der Waals surface area contributed by atoms with E-state index in [0.717, 1.165) is 16.3 Å². The van der Waals surface area contributed by atoms with Crippen LogP contribution in [0.2, 0.25) is 0 Å². The average molecular weight is 362 g/mol. The molecule has 0 saturated carbocycles. The smallest absolute Gasteiger partial charge is 0.317 e. The lowest BCUT2D eigenvalue weighted by molar-refractivity contribution is -0.138. The van der Waals surface area contributed by atoms with Crippen LogP contribution in [-0.4, -0.2) is 50.1 Å². The topological polar surface area (TPSA) is 86.7 Å². The summed E-state index contributed by atoms with van der Waals surface area (Å²) in [4.78, 5) is 12.9. The zero-order valence-corrected chi connectivity index (χ0v) is 14.9. The molecule has 3 rings (SSSR count). The summed E-state index contributed by atoms with van der Waals surface area (Å²) in [6, 6.07) is 11.0. The van der Waals surface area contributed by atoms with Crippen molar-refractivity contribution in [3.05, 3.63) is 42.0 Å². The summed E-state index contributed by atoms with van der Waals surface area (Å²) in [6.07, 6.45) is 1.21. The number of nitrogens with zero attached hydrogens (tertiary/aromatic N) is 1. The van der Waals surface area contributed by atoms with Crippen LogP contribution in [0.15, 0.2) is 41.3 Å². The first-order valence-electron chi connectivity index (χ1n) is 8.31. The van der Waals surface area contributed by atoms with E-state index in [4.69, 9.17) is 5.11 Å². The maximum Gasteiger partial charge on any atom is 0.317 e. The number of carboxylic acids is 1. The molecule has 1 saturated heterocycles. The van der Waals surface area contributed by atoms with Crippen LogP contribution in [0.1, 0.15) is 18.4 Å². The molecule has 6 nitrogen and oxygen atoms in total. The van der Waals surface area contributed by atoms with Crippen molar-refractivity contribution in [3.8, 4) is 0 Å².